The lowest BCUT2D eigenvalue weighted by atomic mass is 9.92. The number of pyridine rings is 1. The van der Waals surface area contributed by atoms with Crippen LogP contribution in [-0.2, 0) is 12.8 Å². The normalized spacial score (nSPS) is 10.8. The maximum absolute atomic E-state index is 4.97. The monoisotopic (exact) mass is 377 g/mol. The van der Waals surface area contributed by atoms with E-state index in [1.807, 2.05) is 18.2 Å². The number of benzene rings is 2. The van der Waals surface area contributed by atoms with Gasteiger partial charge in [-0.15, -0.1) is 13.2 Å². The van der Waals surface area contributed by atoms with Crippen LogP contribution in [0.5, 0.6) is 0 Å². The zero-order chi connectivity index (χ0) is 17.1. The smallest absolute Gasteiger partial charge is 0.0747 e. The van der Waals surface area contributed by atoms with Crippen molar-refractivity contribution in [1.29, 1.82) is 0 Å². The van der Waals surface area contributed by atoms with Crippen LogP contribution < -0.4 is 0 Å². The fourth-order valence-corrected chi connectivity index (χ4v) is 3.39. The topological polar surface area (TPSA) is 12.9 Å². The first-order chi connectivity index (χ1) is 11.6. The summed E-state index contributed by atoms with van der Waals surface area (Å²) in [5.41, 5.74) is 6.97. The molecule has 0 N–H and O–H groups in total. The molecule has 2 heteroatoms. The molecule has 2 aromatic carbocycles. The second kappa shape index (κ2) is 7.14. The minimum absolute atomic E-state index is 0.793. The highest BCUT2D eigenvalue weighted by atomic mass is 79.9. The first-order valence-corrected chi connectivity index (χ1v) is 8.83. The summed E-state index contributed by atoms with van der Waals surface area (Å²) in [6.07, 6.45) is 5.52. The lowest BCUT2D eigenvalue weighted by Crippen LogP contribution is -2.01. The van der Waals surface area contributed by atoms with Crippen LogP contribution in [0.1, 0.15) is 16.7 Å². The van der Waals surface area contributed by atoms with Crippen LogP contribution in [0.3, 0.4) is 0 Å². The molecule has 0 aliphatic carbocycles. The molecule has 1 aromatic heterocycles. The summed E-state index contributed by atoms with van der Waals surface area (Å²) in [6.45, 7) is 9.98. The third-order valence-corrected chi connectivity index (χ3v) is 4.68. The number of hydrogen-bond acceptors (Lipinski definition) is 1. The van der Waals surface area contributed by atoms with Gasteiger partial charge in [-0.25, -0.2) is 4.98 Å². The Morgan fingerprint density at radius 2 is 1.62 bits per heavy atom. The van der Waals surface area contributed by atoms with Crippen molar-refractivity contribution in [3.63, 3.8) is 0 Å². The molecule has 0 saturated carbocycles. The molecule has 24 heavy (non-hydrogen) atoms. The zero-order valence-electron chi connectivity index (χ0n) is 13.8. The van der Waals surface area contributed by atoms with Crippen LogP contribution in [0, 0.1) is 6.92 Å². The molecule has 0 aliphatic heterocycles. The van der Waals surface area contributed by atoms with E-state index in [0.717, 1.165) is 34.1 Å². The van der Waals surface area contributed by atoms with Gasteiger partial charge in [-0.05, 0) is 49.1 Å². The van der Waals surface area contributed by atoms with Gasteiger partial charge in [-0.3, -0.25) is 0 Å². The van der Waals surface area contributed by atoms with Gasteiger partial charge < -0.3 is 0 Å². The minimum atomic E-state index is 0.793. The number of hydrogen-bond donors (Lipinski definition) is 0. The van der Waals surface area contributed by atoms with E-state index in [0.29, 0.717) is 0 Å². The lowest BCUT2D eigenvalue weighted by Gasteiger charge is -2.16. The predicted molar refractivity (Wildman–Crippen MR) is 107 cm³/mol. The molecular weight excluding hydrogens is 358 g/mol. The fraction of sp³-hybridized carbons (Fsp3) is 0.136. The van der Waals surface area contributed by atoms with Gasteiger partial charge in [-0.2, -0.15) is 0 Å². The van der Waals surface area contributed by atoms with Gasteiger partial charge in [0.2, 0.25) is 0 Å². The third kappa shape index (κ3) is 3.20. The highest BCUT2D eigenvalue weighted by molar-refractivity contribution is 9.10. The van der Waals surface area contributed by atoms with Gasteiger partial charge in [0.05, 0.1) is 11.2 Å². The number of nitrogens with zero attached hydrogens (tertiary/aromatic N) is 1. The van der Waals surface area contributed by atoms with E-state index < -0.39 is 0 Å². The molecule has 3 rings (SSSR count). The molecule has 0 fully saturated rings. The second-order valence-corrected chi connectivity index (χ2v) is 6.85. The van der Waals surface area contributed by atoms with Crippen molar-refractivity contribution < 1.29 is 0 Å². The standard InChI is InChI=1S/C22H20BrN/c1-4-6-18-19(7-5-2)22(16-10-8-15(3)9-11-16)24-21-13-12-17(23)14-20(18)21/h4-5,8-14H,1-2,6-7H2,3H3. The Balaban J connectivity index is 2.36. The van der Waals surface area contributed by atoms with Crippen LogP contribution in [0.15, 0.2) is 72.2 Å². The van der Waals surface area contributed by atoms with Crippen molar-refractivity contribution in [3.05, 3.63) is 88.9 Å². The van der Waals surface area contributed by atoms with Gasteiger partial charge in [0.25, 0.3) is 0 Å². The zero-order valence-corrected chi connectivity index (χ0v) is 15.4. The van der Waals surface area contributed by atoms with Crippen molar-refractivity contribution in [1.82, 2.24) is 4.98 Å². The van der Waals surface area contributed by atoms with Crippen molar-refractivity contribution in [3.8, 4) is 11.3 Å². The van der Waals surface area contributed by atoms with Crippen LogP contribution >= 0.6 is 15.9 Å². The Hall–Kier alpha value is -2.19. The molecule has 0 bridgehead atoms. The molecular formula is C22H20BrN. The molecule has 0 radical (unpaired) electrons. The summed E-state index contributed by atoms with van der Waals surface area (Å²) in [4.78, 5) is 4.97. The molecule has 0 spiro atoms. The van der Waals surface area contributed by atoms with E-state index in [1.54, 1.807) is 0 Å². The molecule has 1 nitrogen and oxygen atoms in total. The highest BCUT2D eigenvalue weighted by Crippen LogP contribution is 2.33. The molecule has 3 aromatic rings. The predicted octanol–water partition coefficient (Wildman–Crippen LogP) is 6.43. The Labute approximate surface area is 151 Å². The number of fused-ring (bicyclic) bond motifs is 1. The second-order valence-electron chi connectivity index (χ2n) is 5.93. The molecule has 1 heterocycles. The van der Waals surface area contributed by atoms with E-state index in [9.17, 15) is 0 Å². The first kappa shape index (κ1) is 16.7. The Morgan fingerprint density at radius 1 is 0.958 bits per heavy atom. The summed E-state index contributed by atoms with van der Waals surface area (Å²) in [7, 11) is 0. The van der Waals surface area contributed by atoms with Crippen LogP contribution in [-0.4, -0.2) is 4.98 Å². The number of allylic oxidation sites excluding steroid dienone is 2. The third-order valence-electron chi connectivity index (χ3n) is 4.19. The van der Waals surface area contributed by atoms with Gasteiger partial charge in [0, 0.05) is 15.4 Å². The Kier molecular flexibility index (Phi) is 4.96. The largest absolute Gasteiger partial charge is 0.247 e. The van der Waals surface area contributed by atoms with E-state index >= 15 is 0 Å². The summed E-state index contributed by atoms with van der Waals surface area (Å²) in [6, 6.07) is 14.8. The molecule has 0 aliphatic rings. The first-order valence-electron chi connectivity index (χ1n) is 8.04. The fourth-order valence-electron chi connectivity index (χ4n) is 3.03. The minimum Gasteiger partial charge on any atom is -0.247 e. The van der Waals surface area contributed by atoms with Gasteiger partial charge in [0.15, 0.2) is 0 Å². The number of halogens is 1. The summed E-state index contributed by atoms with van der Waals surface area (Å²) in [5.74, 6) is 0. The quantitative estimate of drug-likeness (QED) is 0.466. The average Bonchev–Trinajstić information content (AvgIpc) is 2.58. The van der Waals surface area contributed by atoms with Gasteiger partial charge in [0.1, 0.15) is 0 Å². The summed E-state index contributed by atoms with van der Waals surface area (Å²) >= 11 is 3.58. The maximum atomic E-state index is 4.97. The van der Waals surface area contributed by atoms with Crippen molar-refractivity contribution in [2.24, 2.45) is 0 Å². The number of aryl methyl sites for hydroxylation is 1. The van der Waals surface area contributed by atoms with Crippen molar-refractivity contribution in [2.45, 2.75) is 19.8 Å². The lowest BCUT2D eigenvalue weighted by molar-refractivity contribution is 1.14. The van der Waals surface area contributed by atoms with E-state index in [-0.39, 0.29) is 0 Å². The molecule has 0 saturated heterocycles. The average molecular weight is 378 g/mol. The van der Waals surface area contributed by atoms with E-state index in [2.05, 4.69) is 72.4 Å². The molecule has 0 unspecified atom stereocenters. The van der Waals surface area contributed by atoms with Gasteiger partial charge >= 0.3 is 0 Å². The maximum Gasteiger partial charge on any atom is 0.0747 e. The molecule has 0 atom stereocenters. The summed E-state index contributed by atoms with van der Waals surface area (Å²) in [5, 5.41) is 1.18. The van der Waals surface area contributed by atoms with Crippen LogP contribution in [0.25, 0.3) is 22.2 Å². The molecule has 0 amide bonds. The highest BCUT2D eigenvalue weighted by Gasteiger charge is 2.15. The van der Waals surface area contributed by atoms with Crippen molar-refractivity contribution >= 4 is 26.8 Å². The van der Waals surface area contributed by atoms with Crippen molar-refractivity contribution in [2.75, 3.05) is 0 Å². The van der Waals surface area contributed by atoms with Crippen LogP contribution in [0.4, 0.5) is 0 Å². The molecule has 120 valence electrons. The number of aromatic nitrogens is 1. The van der Waals surface area contributed by atoms with E-state index in [1.165, 1.54) is 22.1 Å². The van der Waals surface area contributed by atoms with Crippen LogP contribution in [0.2, 0.25) is 0 Å². The number of rotatable bonds is 5. The summed E-state index contributed by atoms with van der Waals surface area (Å²) < 4.78 is 1.06. The SMILES string of the molecule is C=CCc1c(-c2ccc(C)cc2)nc2ccc(Br)cc2c1CC=C. The Morgan fingerprint density at radius 3 is 2.29 bits per heavy atom. The van der Waals surface area contributed by atoms with Gasteiger partial charge in [-0.1, -0.05) is 57.9 Å². The van der Waals surface area contributed by atoms with E-state index in [4.69, 9.17) is 4.98 Å². The Bertz CT molecular complexity index is 907.